The molecule has 0 saturated carbocycles. The van der Waals surface area contributed by atoms with Gasteiger partial charge in [-0.2, -0.15) is 0 Å². The molecule has 34 heavy (non-hydrogen) atoms. The molecule has 2 N–H and O–H groups in total. The Bertz CT molecular complexity index is 1260. The molecule has 0 radical (unpaired) electrons. The third kappa shape index (κ3) is 5.20. The third-order valence-electron chi connectivity index (χ3n) is 5.55. The van der Waals surface area contributed by atoms with Gasteiger partial charge in [-0.05, 0) is 48.0 Å². The number of hydrogen-bond donors (Lipinski definition) is 2. The Hall–Kier alpha value is -3.46. The molecule has 0 unspecified atom stereocenters. The first-order valence-electron chi connectivity index (χ1n) is 11.1. The maximum Gasteiger partial charge on any atom is 0.253 e. The Morgan fingerprint density at radius 2 is 1.82 bits per heavy atom. The van der Waals surface area contributed by atoms with Gasteiger partial charge >= 0.3 is 0 Å². The van der Waals surface area contributed by atoms with E-state index in [4.69, 9.17) is 31.2 Å². The van der Waals surface area contributed by atoms with E-state index in [0.29, 0.717) is 52.4 Å². The zero-order valence-corrected chi connectivity index (χ0v) is 20.6. The van der Waals surface area contributed by atoms with Crippen molar-refractivity contribution in [2.24, 2.45) is 5.92 Å². The summed E-state index contributed by atoms with van der Waals surface area (Å²) >= 11 is 5.71. The molecule has 0 fully saturated rings. The first kappa shape index (κ1) is 23.7. The molecule has 1 aliphatic heterocycles. The highest BCUT2D eigenvalue weighted by Crippen LogP contribution is 2.33. The Balaban J connectivity index is 1.65. The molecule has 0 bridgehead atoms. The highest BCUT2D eigenvalue weighted by atomic mass is 32.1. The summed E-state index contributed by atoms with van der Waals surface area (Å²) in [6, 6.07) is 11.3. The van der Waals surface area contributed by atoms with Crippen LogP contribution in [0.5, 0.6) is 23.0 Å². The van der Waals surface area contributed by atoms with E-state index in [1.165, 1.54) is 0 Å². The lowest BCUT2D eigenvalue weighted by atomic mass is 10.1. The fourth-order valence-corrected chi connectivity index (χ4v) is 3.98. The lowest BCUT2D eigenvalue weighted by Crippen LogP contribution is -2.41. The Morgan fingerprint density at radius 1 is 1.09 bits per heavy atom. The van der Waals surface area contributed by atoms with Crippen molar-refractivity contribution in [3.05, 3.63) is 57.9 Å². The van der Waals surface area contributed by atoms with Gasteiger partial charge in [-0.25, -0.2) is 0 Å². The average Bonchev–Trinajstić information content (AvgIpc) is 3.29. The number of methoxy groups -OCH3 is 2. The second kappa shape index (κ2) is 10.2. The lowest BCUT2D eigenvalue weighted by molar-refractivity contribution is 0.174. The zero-order chi connectivity index (χ0) is 24.2. The van der Waals surface area contributed by atoms with Gasteiger partial charge in [0, 0.05) is 30.1 Å². The van der Waals surface area contributed by atoms with Crippen molar-refractivity contribution in [2.75, 3.05) is 27.6 Å². The van der Waals surface area contributed by atoms with Gasteiger partial charge in [0.1, 0.15) is 0 Å². The number of hydrogen-bond acceptors (Lipinski definition) is 6. The summed E-state index contributed by atoms with van der Waals surface area (Å²) in [6.07, 6.45) is 0. The Morgan fingerprint density at radius 3 is 2.56 bits per heavy atom. The van der Waals surface area contributed by atoms with E-state index in [-0.39, 0.29) is 12.4 Å². The van der Waals surface area contributed by atoms with E-state index in [2.05, 4.69) is 24.1 Å². The molecule has 0 aliphatic carbocycles. The van der Waals surface area contributed by atoms with Gasteiger partial charge in [-0.1, -0.05) is 19.9 Å². The molecule has 4 rings (SSSR count). The van der Waals surface area contributed by atoms with Crippen molar-refractivity contribution in [1.29, 1.82) is 0 Å². The lowest BCUT2D eigenvalue weighted by Gasteiger charge is -2.26. The van der Waals surface area contributed by atoms with Crippen LogP contribution in [0, 0.1) is 5.92 Å². The maximum absolute atomic E-state index is 13.0. The van der Waals surface area contributed by atoms with Crippen LogP contribution in [0.25, 0.3) is 10.9 Å². The number of nitrogens with one attached hydrogen (secondary N) is 2. The number of thiocarbonyl (C=S) groups is 1. The molecule has 180 valence electrons. The normalized spacial score (nSPS) is 12.1. The van der Waals surface area contributed by atoms with Crippen LogP contribution in [-0.2, 0) is 13.1 Å². The van der Waals surface area contributed by atoms with Crippen molar-refractivity contribution in [2.45, 2.75) is 26.9 Å². The molecule has 2 aromatic carbocycles. The number of H-pyrrole nitrogens is 1. The highest BCUT2D eigenvalue weighted by Gasteiger charge is 2.18. The topological polar surface area (TPSA) is 85.0 Å². The first-order valence-corrected chi connectivity index (χ1v) is 11.5. The number of rotatable bonds is 8. The maximum atomic E-state index is 13.0. The number of fused-ring (bicyclic) bond motifs is 2. The Labute approximate surface area is 203 Å². The van der Waals surface area contributed by atoms with E-state index in [9.17, 15) is 4.79 Å². The van der Waals surface area contributed by atoms with Gasteiger partial charge in [0.25, 0.3) is 5.56 Å². The quantitative estimate of drug-likeness (QED) is 0.468. The summed E-state index contributed by atoms with van der Waals surface area (Å²) in [5, 5.41) is 4.74. The zero-order valence-electron chi connectivity index (χ0n) is 19.8. The van der Waals surface area contributed by atoms with Gasteiger partial charge < -0.3 is 34.1 Å². The van der Waals surface area contributed by atoms with Crippen LogP contribution < -0.4 is 29.8 Å². The van der Waals surface area contributed by atoms with Crippen LogP contribution in [0.2, 0.25) is 0 Å². The van der Waals surface area contributed by atoms with Crippen molar-refractivity contribution in [3.63, 3.8) is 0 Å². The van der Waals surface area contributed by atoms with E-state index >= 15 is 0 Å². The number of benzene rings is 2. The molecule has 1 aliphatic rings. The Kier molecular flexibility index (Phi) is 7.12. The van der Waals surface area contributed by atoms with Crippen LogP contribution in [-0.4, -0.2) is 42.6 Å². The molecule has 1 aromatic heterocycles. The van der Waals surface area contributed by atoms with E-state index in [0.717, 1.165) is 23.2 Å². The molecule has 2 heterocycles. The summed E-state index contributed by atoms with van der Waals surface area (Å²) in [5.41, 5.74) is 2.09. The van der Waals surface area contributed by atoms with E-state index in [1.807, 2.05) is 35.2 Å². The third-order valence-corrected chi connectivity index (χ3v) is 5.95. The molecule has 0 saturated heterocycles. The number of pyridine rings is 1. The molecular formula is C25H29N3O5S. The fraction of sp³-hybridized carbons (Fsp3) is 0.360. The van der Waals surface area contributed by atoms with E-state index < -0.39 is 0 Å². The van der Waals surface area contributed by atoms with Gasteiger partial charge in [0.05, 0.1) is 26.3 Å². The summed E-state index contributed by atoms with van der Waals surface area (Å²) < 4.78 is 21.7. The predicted octanol–water partition coefficient (Wildman–Crippen LogP) is 3.81. The second-order valence-corrected chi connectivity index (χ2v) is 8.93. The molecule has 0 amide bonds. The summed E-state index contributed by atoms with van der Waals surface area (Å²) in [7, 11) is 3.15. The van der Waals surface area contributed by atoms with Crippen molar-refractivity contribution >= 4 is 28.2 Å². The van der Waals surface area contributed by atoms with Crippen LogP contribution >= 0.6 is 12.2 Å². The SMILES string of the molecule is COc1cc2cc(CN(Cc3ccc4c(c3)OCO4)C(=S)NCC(C)C)c(=O)[nH]c2cc1OC. The number of aromatic amines is 1. The number of aromatic nitrogens is 1. The van der Waals surface area contributed by atoms with E-state index in [1.54, 1.807) is 20.3 Å². The molecule has 8 nitrogen and oxygen atoms in total. The van der Waals surface area contributed by atoms with Crippen LogP contribution in [0.1, 0.15) is 25.0 Å². The monoisotopic (exact) mass is 483 g/mol. The first-order chi connectivity index (χ1) is 16.4. The molecule has 3 aromatic rings. The molecule has 9 heteroatoms. The van der Waals surface area contributed by atoms with Gasteiger partial charge in [0.2, 0.25) is 6.79 Å². The van der Waals surface area contributed by atoms with Crippen molar-refractivity contribution < 1.29 is 18.9 Å². The average molecular weight is 484 g/mol. The minimum absolute atomic E-state index is 0.179. The highest BCUT2D eigenvalue weighted by molar-refractivity contribution is 7.80. The number of nitrogens with zero attached hydrogens (tertiary/aromatic N) is 1. The largest absolute Gasteiger partial charge is 0.493 e. The summed E-state index contributed by atoms with van der Waals surface area (Å²) in [4.78, 5) is 17.9. The van der Waals surface area contributed by atoms with Crippen LogP contribution in [0.4, 0.5) is 0 Å². The molecule has 0 atom stereocenters. The minimum atomic E-state index is -0.179. The van der Waals surface area contributed by atoms with Gasteiger partial charge in [-0.3, -0.25) is 4.79 Å². The minimum Gasteiger partial charge on any atom is -0.493 e. The molecule has 0 spiro atoms. The van der Waals surface area contributed by atoms with Crippen LogP contribution in [0.15, 0.2) is 41.2 Å². The number of ether oxygens (including phenoxy) is 4. The predicted molar refractivity (Wildman–Crippen MR) is 135 cm³/mol. The summed E-state index contributed by atoms with van der Waals surface area (Å²) in [6.45, 7) is 6.03. The van der Waals surface area contributed by atoms with Crippen molar-refractivity contribution in [1.82, 2.24) is 15.2 Å². The molecular weight excluding hydrogens is 454 g/mol. The fourth-order valence-electron chi connectivity index (χ4n) is 3.76. The van der Waals surface area contributed by atoms with Gasteiger partial charge in [-0.15, -0.1) is 0 Å². The summed E-state index contributed by atoms with van der Waals surface area (Å²) in [5.74, 6) is 3.02. The standard InChI is InChI=1S/C25H29N3O5S/c1-15(2)11-26-25(34)28(12-16-5-6-20-23(7-16)33-14-32-20)13-18-8-17-9-21(30-3)22(31-4)10-19(17)27-24(18)29/h5-10,15H,11-14H2,1-4H3,(H,26,34)(H,27,29). The smallest absolute Gasteiger partial charge is 0.253 e. The van der Waals surface area contributed by atoms with Crippen molar-refractivity contribution in [3.8, 4) is 23.0 Å². The van der Waals surface area contributed by atoms with Gasteiger partial charge in [0.15, 0.2) is 28.1 Å². The van der Waals surface area contributed by atoms with Crippen LogP contribution in [0.3, 0.4) is 0 Å². The second-order valence-electron chi connectivity index (χ2n) is 8.54.